The summed E-state index contributed by atoms with van der Waals surface area (Å²) in [6.45, 7) is 0.582. The fraction of sp³-hybridized carbons (Fsp3) is 0.143. The first-order chi connectivity index (χ1) is 14.2. The Labute approximate surface area is 166 Å². The summed E-state index contributed by atoms with van der Waals surface area (Å²) in [5.41, 5.74) is 8.44. The summed E-state index contributed by atoms with van der Waals surface area (Å²) in [5.74, 6) is 0.863. The molecule has 0 aliphatic carbocycles. The second kappa shape index (κ2) is 7.86. The van der Waals surface area contributed by atoms with Gasteiger partial charge in [-0.2, -0.15) is 10.4 Å². The van der Waals surface area contributed by atoms with Gasteiger partial charge < -0.3 is 11.1 Å². The quantitative estimate of drug-likeness (QED) is 0.493. The zero-order chi connectivity index (χ0) is 20.2. The van der Waals surface area contributed by atoms with Crippen LogP contribution in [0.15, 0.2) is 65.6 Å². The third kappa shape index (κ3) is 3.66. The number of nitrogens with one attached hydrogen (secondary N) is 1. The molecule has 4 rings (SSSR count). The lowest BCUT2D eigenvalue weighted by Crippen LogP contribution is -2.16. The van der Waals surface area contributed by atoms with Crippen LogP contribution in [0.3, 0.4) is 0 Å². The van der Waals surface area contributed by atoms with Crippen molar-refractivity contribution in [2.75, 3.05) is 17.6 Å². The molecule has 0 amide bonds. The Hall–Kier alpha value is -4.12. The van der Waals surface area contributed by atoms with Gasteiger partial charge in [0.2, 0.25) is 0 Å². The average molecular weight is 385 g/mol. The van der Waals surface area contributed by atoms with E-state index >= 15 is 0 Å². The normalized spacial score (nSPS) is 10.7. The van der Waals surface area contributed by atoms with Gasteiger partial charge in [0.1, 0.15) is 28.9 Å². The summed E-state index contributed by atoms with van der Waals surface area (Å²) < 4.78 is 3.08. The lowest BCUT2D eigenvalue weighted by atomic mass is 10.1. The van der Waals surface area contributed by atoms with Gasteiger partial charge in [0.15, 0.2) is 0 Å². The van der Waals surface area contributed by atoms with Crippen LogP contribution in [-0.4, -0.2) is 25.7 Å². The predicted molar refractivity (Wildman–Crippen MR) is 111 cm³/mol. The van der Waals surface area contributed by atoms with E-state index in [1.165, 1.54) is 10.5 Å². The molecule has 29 heavy (non-hydrogen) atoms. The van der Waals surface area contributed by atoms with Crippen molar-refractivity contribution in [2.45, 2.75) is 12.8 Å². The first kappa shape index (κ1) is 18.3. The van der Waals surface area contributed by atoms with Crippen molar-refractivity contribution in [2.24, 2.45) is 0 Å². The molecule has 3 N–H and O–H groups in total. The van der Waals surface area contributed by atoms with Crippen molar-refractivity contribution < 1.29 is 0 Å². The van der Waals surface area contributed by atoms with E-state index in [1.807, 2.05) is 36.4 Å². The number of nitrogen functional groups attached to an aromatic ring is 1. The number of aryl methyl sites for hydroxylation is 1. The molecule has 0 saturated heterocycles. The monoisotopic (exact) mass is 385 g/mol. The van der Waals surface area contributed by atoms with Gasteiger partial charge in [-0.05, 0) is 37.1 Å². The van der Waals surface area contributed by atoms with Gasteiger partial charge >= 0.3 is 0 Å². The Morgan fingerprint density at radius 2 is 1.93 bits per heavy atom. The van der Waals surface area contributed by atoms with E-state index in [2.05, 4.69) is 21.5 Å². The molecule has 0 bridgehead atoms. The smallest absolute Gasteiger partial charge is 0.259 e. The van der Waals surface area contributed by atoms with Gasteiger partial charge in [-0.15, -0.1) is 0 Å². The maximum absolute atomic E-state index is 12.1. The van der Waals surface area contributed by atoms with Crippen molar-refractivity contribution in [3.05, 3.63) is 82.4 Å². The van der Waals surface area contributed by atoms with Crippen molar-refractivity contribution in [3.8, 4) is 11.8 Å². The van der Waals surface area contributed by atoms with E-state index in [-0.39, 0.29) is 5.56 Å². The summed E-state index contributed by atoms with van der Waals surface area (Å²) in [4.78, 5) is 16.6. The fourth-order valence-corrected chi connectivity index (χ4v) is 3.16. The molecule has 4 aromatic rings. The highest BCUT2D eigenvalue weighted by atomic mass is 16.1. The SMILES string of the molecule is N#Cc1c(CCCNc2cc(=O)n3ccccc3n2)nn(-c2ccccc2)c1N. The molecule has 0 radical (unpaired) electrons. The molecule has 0 fully saturated rings. The Balaban J connectivity index is 1.45. The largest absolute Gasteiger partial charge is 0.382 e. The molecule has 1 aromatic carbocycles. The minimum absolute atomic E-state index is 0.140. The zero-order valence-corrected chi connectivity index (χ0v) is 15.6. The average Bonchev–Trinajstić information content (AvgIpc) is 3.07. The van der Waals surface area contributed by atoms with E-state index < -0.39 is 0 Å². The van der Waals surface area contributed by atoms with E-state index in [0.717, 1.165) is 5.69 Å². The Morgan fingerprint density at radius 3 is 2.72 bits per heavy atom. The van der Waals surface area contributed by atoms with E-state index in [9.17, 15) is 10.1 Å². The van der Waals surface area contributed by atoms with Gasteiger partial charge in [-0.1, -0.05) is 24.3 Å². The number of nitriles is 1. The third-order valence-corrected chi connectivity index (χ3v) is 4.57. The minimum atomic E-state index is -0.140. The van der Waals surface area contributed by atoms with Crippen LogP contribution in [0.1, 0.15) is 17.7 Å². The highest BCUT2D eigenvalue weighted by molar-refractivity contribution is 5.56. The number of benzene rings is 1. The van der Waals surface area contributed by atoms with Crippen LogP contribution in [0.25, 0.3) is 11.3 Å². The number of nitrogens with zero attached hydrogens (tertiary/aromatic N) is 5. The number of pyridine rings is 1. The van der Waals surface area contributed by atoms with Gasteiger partial charge in [-0.25, -0.2) is 9.67 Å². The summed E-state index contributed by atoms with van der Waals surface area (Å²) >= 11 is 0. The fourth-order valence-electron chi connectivity index (χ4n) is 3.16. The molecular formula is C21H19N7O. The predicted octanol–water partition coefficient (Wildman–Crippen LogP) is 2.38. The molecule has 0 aliphatic rings. The van der Waals surface area contributed by atoms with Gasteiger partial charge in [-0.3, -0.25) is 9.20 Å². The van der Waals surface area contributed by atoms with Crippen molar-refractivity contribution in [1.29, 1.82) is 5.26 Å². The highest BCUT2D eigenvalue weighted by Gasteiger charge is 2.16. The molecule has 144 valence electrons. The molecule has 0 aliphatic heterocycles. The summed E-state index contributed by atoms with van der Waals surface area (Å²) in [6, 6.07) is 18.5. The summed E-state index contributed by atoms with van der Waals surface area (Å²) in [5, 5.41) is 17.2. The topological polar surface area (TPSA) is 114 Å². The molecule has 0 unspecified atom stereocenters. The van der Waals surface area contributed by atoms with Crippen LogP contribution in [0.5, 0.6) is 0 Å². The maximum atomic E-state index is 12.1. The highest BCUT2D eigenvalue weighted by Crippen LogP contribution is 2.21. The van der Waals surface area contributed by atoms with E-state index in [0.29, 0.717) is 47.9 Å². The number of anilines is 2. The lowest BCUT2D eigenvalue weighted by Gasteiger charge is -2.06. The number of hydrogen-bond acceptors (Lipinski definition) is 6. The summed E-state index contributed by atoms with van der Waals surface area (Å²) in [6.07, 6.45) is 2.97. The van der Waals surface area contributed by atoms with Crippen LogP contribution in [0.2, 0.25) is 0 Å². The lowest BCUT2D eigenvalue weighted by molar-refractivity contribution is 0.789. The van der Waals surface area contributed by atoms with Crippen LogP contribution in [0, 0.1) is 11.3 Å². The molecule has 0 saturated carbocycles. The minimum Gasteiger partial charge on any atom is -0.382 e. The molecule has 0 spiro atoms. The standard InChI is InChI=1S/C21H19N7O/c22-14-16-17(26-28(21(16)23)15-7-2-1-3-8-15)9-6-11-24-18-13-20(29)27-12-5-4-10-19(27)25-18/h1-5,7-8,10,12-13,24H,6,9,11,23H2. The number of para-hydroxylation sites is 1. The zero-order valence-electron chi connectivity index (χ0n) is 15.6. The van der Waals surface area contributed by atoms with Crippen LogP contribution < -0.4 is 16.6 Å². The number of nitrogens with two attached hydrogens (primary N) is 1. The van der Waals surface area contributed by atoms with Crippen molar-refractivity contribution >= 4 is 17.3 Å². The Bertz CT molecular complexity index is 1250. The first-order valence-corrected chi connectivity index (χ1v) is 9.22. The van der Waals surface area contributed by atoms with Crippen LogP contribution in [-0.2, 0) is 6.42 Å². The summed E-state index contributed by atoms with van der Waals surface area (Å²) in [7, 11) is 0. The van der Waals surface area contributed by atoms with Crippen LogP contribution in [0.4, 0.5) is 11.6 Å². The van der Waals surface area contributed by atoms with Crippen molar-refractivity contribution in [3.63, 3.8) is 0 Å². The molecule has 8 heteroatoms. The van der Waals surface area contributed by atoms with Gasteiger partial charge in [0.25, 0.3) is 5.56 Å². The van der Waals surface area contributed by atoms with Crippen LogP contribution >= 0.6 is 0 Å². The number of hydrogen-bond donors (Lipinski definition) is 2. The maximum Gasteiger partial charge on any atom is 0.259 e. The Kier molecular flexibility index (Phi) is 4.95. The molecule has 8 nitrogen and oxygen atoms in total. The second-order valence-corrected chi connectivity index (χ2v) is 6.50. The second-order valence-electron chi connectivity index (χ2n) is 6.50. The first-order valence-electron chi connectivity index (χ1n) is 9.22. The van der Waals surface area contributed by atoms with E-state index in [4.69, 9.17) is 5.73 Å². The molecule has 0 atom stereocenters. The van der Waals surface area contributed by atoms with E-state index in [1.54, 1.807) is 23.0 Å². The third-order valence-electron chi connectivity index (χ3n) is 4.57. The van der Waals surface area contributed by atoms with Crippen molar-refractivity contribution in [1.82, 2.24) is 19.2 Å². The number of fused-ring (bicyclic) bond motifs is 1. The molecular weight excluding hydrogens is 366 g/mol. The molecule has 3 aromatic heterocycles. The van der Waals surface area contributed by atoms with Gasteiger partial charge in [0, 0.05) is 18.8 Å². The molecule has 3 heterocycles. The Morgan fingerprint density at radius 1 is 1.14 bits per heavy atom. The number of rotatable bonds is 6. The number of aromatic nitrogens is 4. The van der Waals surface area contributed by atoms with Gasteiger partial charge in [0.05, 0.1) is 11.4 Å².